The summed E-state index contributed by atoms with van der Waals surface area (Å²) in [7, 11) is 0. The molecule has 1 atom stereocenters. The Morgan fingerprint density at radius 3 is 2.45 bits per heavy atom. The van der Waals surface area contributed by atoms with E-state index < -0.39 is 0 Å². The van der Waals surface area contributed by atoms with Crippen molar-refractivity contribution < 1.29 is 9.59 Å². The molecular weight excluding hydrogens is 272 g/mol. The van der Waals surface area contributed by atoms with Gasteiger partial charge in [0.2, 0.25) is 0 Å². The average Bonchev–Trinajstić information content (AvgIpc) is 2.66. The highest BCUT2D eigenvalue weighted by Crippen LogP contribution is 2.19. The zero-order valence-electron chi connectivity index (χ0n) is 12.1. The molecule has 1 fully saturated rings. The molecule has 0 unspecified atom stereocenters. The molecule has 0 saturated carbocycles. The first-order valence-corrected chi connectivity index (χ1v) is 7.98. The van der Waals surface area contributed by atoms with Crippen LogP contribution in [0.25, 0.3) is 0 Å². The minimum absolute atomic E-state index is 0.113. The summed E-state index contributed by atoms with van der Waals surface area (Å²) < 4.78 is 0. The molecule has 1 aromatic rings. The molecule has 1 N–H and O–H groups in total. The number of amides is 3. The van der Waals surface area contributed by atoms with E-state index in [-0.39, 0.29) is 18.0 Å². The monoisotopic (exact) mass is 292 g/mol. The van der Waals surface area contributed by atoms with E-state index >= 15 is 0 Å². The van der Waals surface area contributed by atoms with Crippen LogP contribution in [-0.4, -0.2) is 29.1 Å². The second-order valence-electron chi connectivity index (χ2n) is 5.40. The Labute approximate surface area is 123 Å². The van der Waals surface area contributed by atoms with E-state index in [1.807, 2.05) is 44.4 Å². The number of imide groups is 1. The van der Waals surface area contributed by atoms with E-state index in [1.165, 1.54) is 9.80 Å². The Morgan fingerprint density at radius 2 is 1.90 bits per heavy atom. The van der Waals surface area contributed by atoms with Crippen molar-refractivity contribution in [2.75, 3.05) is 6.26 Å². The van der Waals surface area contributed by atoms with Crippen molar-refractivity contribution in [3.05, 3.63) is 29.8 Å². The van der Waals surface area contributed by atoms with Crippen molar-refractivity contribution in [2.45, 2.75) is 37.8 Å². The lowest BCUT2D eigenvalue weighted by Gasteiger charge is -2.14. The zero-order chi connectivity index (χ0) is 14.7. The summed E-state index contributed by atoms with van der Waals surface area (Å²) in [6.07, 6.45) is 2.70. The number of benzene rings is 1. The number of thioether (sulfide) groups is 1. The Hall–Kier alpha value is -1.49. The molecule has 108 valence electrons. The molecule has 1 aromatic carbocycles. The minimum Gasteiger partial charge on any atom is -0.326 e. The first-order chi connectivity index (χ1) is 9.51. The van der Waals surface area contributed by atoms with Gasteiger partial charge in [-0.25, -0.2) is 4.79 Å². The van der Waals surface area contributed by atoms with Gasteiger partial charge in [-0.1, -0.05) is 26.0 Å². The molecule has 1 aliphatic heterocycles. The topological polar surface area (TPSA) is 49.4 Å². The van der Waals surface area contributed by atoms with Gasteiger partial charge in [0.25, 0.3) is 5.91 Å². The lowest BCUT2D eigenvalue weighted by Crippen LogP contribution is -2.31. The first kappa shape index (κ1) is 14.9. The van der Waals surface area contributed by atoms with Crippen LogP contribution in [0.4, 0.5) is 4.79 Å². The molecule has 0 radical (unpaired) electrons. The molecular formula is C15H20N2O2S. The molecule has 0 aliphatic carbocycles. The van der Waals surface area contributed by atoms with Crippen molar-refractivity contribution in [3.63, 3.8) is 0 Å². The zero-order valence-corrected chi connectivity index (χ0v) is 12.9. The van der Waals surface area contributed by atoms with Crippen molar-refractivity contribution in [2.24, 2.45) is 5.92 Å². The maximum absolute atomic E-state index is 12.2. The van der Waals surface area contributed by atoms with Gasteiger partial charge in [-0.3, -0.25) is 9.69 Å². The van der Waals surface area contributed by atoms with E-state index in [0.29, 0.717) is 18.9 Å². The predicted molar refractivity (Wildman–Crippen MR) is 80.5 cm³/mol. The molecule has 0 aromatic heterocycles. The smallest absolute Gasteiger partial charge is 0.325 e. The van der Waals surface area contributed by atoms with Crippen LogP contribution in [0.2, 0.25) is 0 Å². The molecule has 4 nitrogen and oxygen atoms in total. The number of urea groups is 1. The standard InChI is InChI=1S/C15H20N2O2S/c1-10(2)8-13-14(18)17(15(19)16-13)9-11-4-6-12(20-3)7-5-11/h4-7,10,13H,8-9H2,1-3H3,(H,16,19)/t13-/m0/s1. The highest BCUT2D eigenvalue weighted by atomic mass is 32.2. The summed E-state index contributed by atoms with van der Waals surface area (Å²) in [4.78, 5) is 26.6. The van der Waals surface area contributed by atoms with Gasteiger partial charge in [-0.2, -0.15) is 0 Å². The van der Waals surface area contributed by atoms with Crippen LogP contribution in [0.15, 0.2) is 29.2 Å². The summed E-state index contributed by atoms with van der Waals surface area (Å²) in [6, 6.07) is 7.28. The summed E-state index contributed by atoms with van der Waals surface area (Å²) in [5, 5.41) is 2.76. The number of rotatable bonds is 5. The van der Waals surface area contributed by atoms with Gasteiger partial charge < -0.3 is 5.32 Å². The molecule has 2 rings (SSSR count). The fraction of sp³-hybridized carbons (Fsp3) is 0.467. The quantitative estimate of drug-likeness (QED) is 0.670. The SMILES string of the molecule is CSc1ccc(CN2C(=O)N[C@@H](CC(C)C)C2=O)cc1. The van der Waals surface area contributed by atoms with Gasteiger partial charge in [0.15, 0.2) is 0 Å². The summed E-state index contributed by atoms with van der Waals surface area (Å²) in [5.41, 5.74) is 0.969. The van der Waals surface area contributed by atoms with Crippen molar-refractivity contribution in [3.8, 4) is 0 Å². The second-order valence-corrected chi connectivity index (χ2v) is 6.28. The van der Waals surface area contributed by atoms with Crippen molar-refractivity contribution in [1.82, 2.24) is 10.2 Å². The van der Waals surface area contributed by atoms with Crippen LogP contribution < -0.4 is 5.32 Å². The number of hydrogen-bond acceptors (Lipinski definition) is 3. The van der Waals surface area contributed by atoms with Crippen LogP contribution in [0.5, 0.6) is 0 Å². The second kappa shape index (κ2) is 6.31. The van der Waals surface area contributed by atoms with E-state index in [2.05, 4.69) is 5.32 Å². The molecule has 5 heteroatoms. The van der Waals surface area contributed by atoms with E-state index in [9.17, 15) is 9.59 Å². The van der Waals surface area contributed by atoms with E-state index in [4.69, 9.17) is 0 Å². The third-order valence-corrected chi connectivity index (χ3v) is 4.06. The first-order valence-electron chi connectivity index (χ1n) is 6.76. The van der Waals surface area contributed by atoms with Crippen molar-refractivity contribution >= 4 is 23.7 Å². The lowest BCUT2D eigenvalue weighted by molar-refractivity contribution is -0.128. The van der Waals surface area contributed by atoms with Gasteiger partial charge in [0.05, 0.1) is 6.54 Å². The molecule has 1 saturated heterocycles. The lowest BCUT2D eigenvalue weighted by atomic mass is 10.0. The summed E-state index contributed by atoms with van der Waals surface area (Å²) in [6.45, 7) is 4.43. The molecule has 0 bridgehead atoms. The Balaban J connectivity index is 2.04. The molecule has 3 amide bonds. The van der Waals surface area contributed by atoms with E-state index in [0.717, 1.165) is 5.56 Å². The fourth-order valence-electron chi connectivity index (χ4n) is 2.27. The summed E-state index contributed by atoms with van der Waals surface area (Å²) >= 11 is 1.67. The number of nitrogens with zero attached hydrogens (tertiary/aromatic N) is 1. The highest BCUT2D eigenvalue weighted by Gasteiger charge is 2.37. The van der Waals surface area contributed by atoms with E-state index in [1.54, 1.807) is 11.8 Å². The van der Waals surface area contributed by atoms with Gasteiger partial charge in [0.1, 0.15) is 6.04 Å². The Kier molecular flexibility index (Phi) is 4.70. The number of carbonyl (C=O) groups excluding carboxylic acids is 2. The Morgan fingerprint density at radius 1 is 1.25 bits per heavy atom. The van der Waals surface area contributed by atoms with Crippen LogP contribution in [0, 0.1) is 5.92 Å². The van der Waals surface area contributed by atoms with Gasteiger partial charge in [-0.15, -0.1) is 11.8 Å². The molecule has 1 aliphatic rings. The predicted octanol–water partition coefficient (Wildman–Crippen LogP) is 2.88. The fourth-order valence-corrected chi connectivity index (χ4v) is 2.68. The number of carbonyl (C=O) groups is 2. The largest absolute Gasteiger partial charge is 0.326 e. The average molecular weight is 292 g/mol. The van der Waals surface area contributed by atoms with Crippen LogP contribution in [0.3, 0.4) is 0 Å². The maximum Gasteiger partial charge on any atom is 0.325 e. The van der Waals surface area contributed by atoms with Crippen LogP contribution in [-0.2, 0) is 11.3 Å². The molecule has 20 heavy (non-hydrogen) atoms. The highest BCUT2D eigenvalue weighted by molar-refractivity contribution is 7.98. The molecule has 1 heterocycles. The van der Waals surface area contributed by atoms with Crippen LogP contribution >= 0.6 is 11.8 Å². The van der Waals surface area contributed by atoms with Gasteiger partial charge >= 0.3 is 6.03 Å². The maximum atomic E-state index is 12.2. The Bertz CT molecular complexity index is 499. The van der Waals surface area contributed by atoms with Crippen molar-refractivity contribution in [1.29, 1.82) is 0 Å². The van der Waals surface area contributed by atoms with Gasteiger partial charge in [-0.05, 0) is 36.3 Å². The minimum atomic E-state index is -0.368. The number of nitrogens with one attached hydrogen (secondary N) is 1. The third kappa shape index (κ3) is 3.33. The molecule has 0 spiro atoms. The summed E-state index contributed by atoms with van der Waals surface area (Å²) in [5.74, 6) is 0.266. The normalized spacial score (nSPS) is 18.8. The third-order valence-electron chi connectivity index (χ3n) is 3.31. The van der Waals surface area contributed by atoms with Crippen LogP contribution in [0.1, 0.15) is 25.8 Å². The van der Waals surface area contributed by atoms with Gasteiger partial charge in [0, 0.05) is 4.90 Å². The number of hydrogen-bond donors (Lipinski definition) is 1.